The molecule has 0 aromatic carbocycles. The van der Waals surface area contributed by atoms with Crippen molar-refractivity contribution in [1.82, 2.24) is 15.1 Å². The van der Waals surface area contributed by atoms with E-state index in [2.05, 4.69) is 5.32 Å². The van der Waals surface area contributed by atoms with Crippen molar-refractivity contribution >= 4 is 11.9 Å². The van der Waals surface area contributed by atoms with Crippen molar-refractivity contribution in [2.24, 2.45) is 17.8 Å². The highest BCUT2D eigenvalue weighted by Crippen LogP contribution is 2.42. The Morgan fingerprint density at radius 2 is 1.80 bits per heavy atom. The first kappa shape index (κ1) is 20.0. The van der Waals surface area contributed by atoms with E-state index in [0.29, 0.717) is 0 Å². The molecule has 8 heteroatoms. The van der Waals surface area contributed by atoms with Gasteiger partial charge in [-0.3, -0.25) is 9.69 Å². The maximum Gasteiger partial charge on any atom is 0.401 e. The van der Waals surface area contributed by atoms with E-state index >= 15 is 0 Å². The molecule has 1 heterocycles. The Morgan fingerprint density at radius 3 is 2.28 bits per heavy atom. The Labute approximate surface area is 146 Å². The summed E-state index contributed by atoms with van der Waals surface area (Å²) in [6.07, 6.45) is -1.75. The van der Waals surface area contributed by atoms with Gasteiger partial charge in [-0.2, -0.15) is 13.2 Å². The fourth-order valence-electron chi connectivity index (χ4n) is 4.22. The number of carbonyl (C=O) groups excluding carboxylic acids is 2. The van der Waals surface area contributed by atoms with Crippen LogP contribution in [0.25, 0.3) is 0 Å². The van der Waals surface area contributed by atoms with Crippen LogP contribution in [0, 0.1) is 17.8 Å². The van der Waals surface area contributed by atoms with Crippen molar-refractivity contribution in [3.8, 4) is 0 Å². The van der Waals surface area contributed by atoms with Gasteiger partial charge >= 0.3 is 12.2 Å². The maximum atomic E-state index is 13.0. The minimum atomic E-state index is -4.38. The summed E-state index contributed by atoms with van der Waals surface area (Å²) in [6, 6.07) is -0.582. The van der Waals surface area contributed by atoms with Crippen LogP contribution in [0.15, 0.2) is 0 Å². The molecule has 0 radical (unpaired) electrons. The first-order valence-electron chi connectivity index (χ1n) is 8.90. The summed E-state index contributed by atoms with van der Waals surface area (Å²) in [6.45, 7) is 6.17. The molecule has 0 aromatic rings. The number of imide groups is 1. The third kappa shape index (κ3) is 4.10. The fraction of sp³-hybridized carbons (Fsp3) is 0.882. The maximum absolute atomic E-state index is 13.0. The zero-order valence-electron chi connectivity index (χ0n) is 15.3. The second kappa shape index (κ2) is 7.13. The Balaban J connectivity index is 2.20. The normalized spacial score (nSPS) is 26.8. The van der Waals surface area contributed by atoms with Gasteiger partial charge < -0.3 is 5.32 Å². The third-order valence-electron chi connectivity index (χ3n) is 5.35. The number of rotatable bonds is 5. The van der Waals surface area contributed by atoms with Crippen LogP contribution in [0.1, 0.15) is 47.0 Å². The van der Waals surface area contributed by atoms with Gasteiger partial charge in [-0.1, -0.05) is 34.1 Å². The molecule has 25 heavy (non-hydrogen) atoms. The molecule has 2 aliphatic rings. The summed E-state index contributed by atoms with van der Waals surface area (Å²) in [4.78, 5) is 27.5. The Morgan fingerprint density at radius 1 is 1.24 bits per heavy atom. The van der Waals surface area contributed by atoms with E-state index in [9.17, 15) is 22.8 Å². The Kier molecular flexibility index (Phi) is 5.71. The summed E-state index contributed by atoms with van der Waals surface area (Å²) in [5.74, 6) is -0.449. The van der Waals surface area contributed by atoms with Gasteiger partial charge in [0.05, 0.1) is 13.2 Å². The van der Waals surface area contributed by atoms with Crippen LogP contribution in [0.2, 0.25) is 0 Å². The predicted molar refractivity (Wildman–Crippen MR) is 87.6 cm³/mol. The molecular formula is C17H28F3N3O2. The van der Waals surface area contributed by atoms with Crippen molar-refractivity contribution in [2.45, 2.75) is 58.7 Å². The summed E-state index contributed by atoms with van der Waals surface area (Å²) in [7, 11) is 0. The second-order valence-corrected chi connectivity index (χ2v) is 7.93. The second-order valence-electron chi connectivity index (χ2n) is 7.93. The lowest BCUT2D eigenvalue weighted by Crippen LogP contribution is -2.59. The molecule has 0 aromatic heterocycles. The monoisotopic (exact) mass is 363 g/mol. The summed E-state index contributed by atoms with van der Waals surface area (Å²) < 4.78 is 38.6. The van der Waals surface area contributed by atoms with Gasteiger partial charge in [0.2, 0.25) is 0 Å². The molecule has 1 aliphatic heterocycles. The number of halogens is 3. The minimum absolute atomic E-state index is 0.00963. The lowest BCUT2D eigenvalue weighted by molar-refractivity contribution is -0.155. The first-order valence-corrected chi connectivity index (χ1v) is 8.90. The highest BCUT2D eigenvalue weighted by Gasteiger charge is 2.58. The molecule has 0 unspecified atom stereocenters. The average Bonchev–Trinajstić information content (AvgIpc) is 2.68. The van der Waals surface area contributed by atoms with E-state index in [4.69, 9.17) is 0 Å². The zero-order chi connectivity index (χ0) is 19.0. The van der Waals surface area contributed by atoms with Gasteiger partial charge in [0, 0.05) is 6.54 Å². The third-order valence-corrected chi connectivity index (χ3v) is 5.35. The summed E-state index contributed by atoms with van der Waals surface area (Å²) in [5, 5.41) is 2.82. The van der Waals surface area contributed by atoms with E-state index in [1.807, 2.05) is 27.7 Å². The number of nitrogens with one attached hydrogen (secondary N) is 1. The van der Waals surface area contributed by atoms with Crippen LogP contribution in [0.3, 0.4) is 0 Å². The molecule has 1 spiro atoms. The smallest absolute Gasteiger partial charge is 0.323 e. The fourth-order valence-corrected chi connectivity index (χ4v) is 4.22. The highest BCUT2D eigenvalue weighted by atomic mass is 19.4. The largest absolute Gasteiger partial charge is 0.401 e. The van der Waals surface area contributed by atoms with Gasteiger partial charge in [-0.15, -0.1) is 0 Å². The first-order chi connectivity index (χ1) is 11.5. The standard InChI is InChI=1S/C17H28F3N3O2/c1-11(2)8-22(9-16(18,19)20)10-23-14(24)17(21-15(23)25)12(3)6-5-7-13(17)4/h11-13H,5-10H2,1-4H3,(H,21,25)/t12-,13-/m0/s1. The molecule has 1 N–H and O–H groups in total. The Bertz CT molecular complexity index is 512. The van der Waals surface area contributed by atoms with Crippen LogP contribution >= 0.6 is 0 Å². The SMILES string of the molecule is CC(C)CN(CN1C(=O)NC2(C1=O)[C@@H](C)CCC[C@@H]2C)CC(F)(F)F. The summed E-state index contributed by atoms with van der Waals surface area (Å²) in [5.41, 5.74) is -0.975. The van der Waals surface area contributed by atoms with Crippen LogP contribution in [-0.4, -0.2) is 53.2 Å². The molecule has 2 rings (SSSR count). The van der Waals surface area contributed by atoms with E-state index in [-0.39, 0.29) is 36.9 Å². The Hall–Kier alpha value is -1.31. The van der Waals surface area contributed by atoms with Crippen LogP contribution in [0.5, 0.6) is 0 Å². The molecule has 5 nitrogen and oxygen atoms in total. The molecule has 1 saturated heterocycles. The van der Waals surface area contributed by atoms with Crippen molar-refractivity contribution in [3.05, 3.63) is 0 Å². The average molecular weight is 363 g/mol. The molecule has 1 saturated carbocycles. The van der Waals surface area contributed by atoms with E-state index in [1.54, 1.807) is 0 Å². The number of amides is 3. The van der Waals surface area contributed by atoms with Crippen molar-refractivity contribution < 1.29 is 22.8 Å². The molecule has 2 fully saturated rings. The minimum Gasteiger partial charge on any atom is -0.323 e. The van der Waals surface area contributed by atoms with Crippen LogP contribution < -0.4 is 5.32 Å². The van der Waals surface area contributed by atoms with Gasteiger partial charge in [0.1, 0.15) is 5.54 Å². The van der Waals surface area contributed by atoms with E-state index in [0.717, 1.165) is 29.1 Å². The summed E-state index contributed by atoms with van der Waals surface area (Å²) >= 11 is 0. The van der Waals surface area contributed by atoms with Crippen molar-refractivity contribution in [2.75, 3.05) is 19.8 Å². The lowest BCUT2D eigenvalue weighted by atomic mass is 9.67. The highest BCUT2D eigenvalue weighted by molar-refractivity contribution is 6.07. The number of carbonyl (C=O) groups is 2. The number of hydrogen-bond donors (Lipinski definition) is 1. The molecule has 3 amide bonds. The van der Waals surface area contributed by atoms with E-state index < -0.39 is 24.3 Å². The lowest BCUT2D eigenvalue weighted by Gasteiger charge is -2.42. The van der Waals surface area contributed by atoms with Gasteiger partial charge in [-0.25, -0.2) is 9.69 Å². The number of alkyl halides is 3. The van der Waals surface area contributed by atoms with Gasteiger partial charge in [-0.05, 0) is 30.6 Å². The molecule has 144 valence electrons. The molecule has 1 aliphatic carbocycles. The quantitative estimate of drug-likeness (QED) is 0.763. The zero-order valence-corrected chi connectivity index (χ0v) is 15.3. The molecule has 2 atom stereocenters. The predicted octanol–water partition coefficient (Wildman–Crippen LogP) is 3.21. The van der Waals surface area contributed by atoms with Crippen molar-refractivity contribution in [1.29, 1.82) is 0 Å². The number of hydrogen-bond acceptors (Lipinski definition) is 3. The molecular weight excluding hydrogens is 335 g/mol. The number of urea groups is 1. The van der Waals surface area contributed by atoms with E-state index in [1.165, 1.54) is 0 Å². The van der Waals surface area contributed by atoms with Gasteiger partial charge in [0.25, 0.3) is 5.91 Å². The topological polar surface area (TPSA) is 52.6 Å². The van der Waals surface area contributed by atoms with Crippen molar-refractivity contribution in [3.63, 3.8) is 0 Å². The number of nitrogens with zero attached hydrogens (tertiary/aromatic N) is 2. The van der Waals surface area contributed by atoms with Crippen LogP contribution in [0.4, 0.5) is 18.0 Å². The van der Waals surface area contributed by atoms with Crippen LogP contribution in [-0.2, 0) is 4.79 Å². The molecule has 0 bridgehead atoms. The van der Waals surface area contributed by atoms with Gasteiger partial charge in [0.15, 0.2) is 0 Å².